The highest BCUT2D eigenvalue weighted by Gasteiger charge is 2.45. The summed E-state index contributed by atoms with van der Waals surface area (Å²) in [6.07, 6.45) is -0.688. The molecule has 0 amide bonds. The van der Waals surface area contributed by atoms with E-state index in [9.17, 15) is 26.7 Å². The van der Waals surface area contributed by atoms with Crippen molar-refractivity contribution in [2.75, 3.05) is 0 Å². The standard InChI is InChI=1S/C15H10F5NO/c1-7-4-11(8-5-9(16)12(18)10(17)6-8)21-3-2-15(19,20)14(22)13(7)21/h4-6H,2-3H2,1H3. The Kier molecular flexibility index (Phi) is 3.12. The van der Waals surface area contributed by atoms with Crippen LogP contribution < -0.4 is 0 Å². The van der Waals surface area contributed by atoms with Gasteiger partial charge in [0.2, 0.25) is 5.78 Å². The van der Waals surface area contributed by atoms with Gasteiger partial charge in [-0.3, -0.25) is 4.79 Å². The summed E-state index contributed by atoms with van der Waals surface area (Å²) >= 11 is 0. The minimum Gasteiger partial charge on any atom is -0.337 e. The molecule has 0 saturated carbocycles. The van der Waals surface area contributed by atoms with Crippen molar-refractivity contribution in [3.05, 3.63) is 46.9 Å². The summed E-state index contributed by atoms with van der Waals surface area (Å²) in [4.78, 5) is 11.8. The van der Waals surface area contributed by atoms with Gasteiger partial charge in [-0.25, -0.2) is 13.2 Å². The maximum Gasteiger partial charge on any atom is 0.313 e. The molecule has 22 heavy (non-hydrogen) atoms. The van der Waals surface area contributed by atoms with E-state index in [0.717, 1.165) is 12.1 Å². The molecule has 0 atom stereocenters. The molecule has 2 nitrogen and oxygen atoms in total. The van der Waals surface area contributed by atoms with Crippen LogP contribution in [0.15, 0.2) is 18.2 Å². The zero-order valence-electron chi connectivity index (χ0n) is 11.4. The first-order valence-electron chi connectivity index (χ1n) is 6.50. The second-order valence-corrected chi connectivity index (χ2v) is 5.25. The van der Waals surface area contributed by atoms with E-state index in [2.05, 4.69) is 0 Å². The zero-order chi connectivity index (χ0) is 16.2. The van der Waals surface area contributed by atoms with Crippen LogP contribution in [-0.4, -0.2) is 16.3 Å². The predicted octanol–water partition coefficient (Wildman–Crippen LogP) is 4.10. The van der Waals surface area contributed by atoms with Crippen LogP contribution in [-0.2, 0) is 6.54 Å². The Bertz CT molecular complexity index is 770. The summed E-state index contributed by atoms with van der Waals surface area (Å²) in [5.74, 6) is -9.12. The SMILES string of the molecule is Cc1cc(-c2cc(F)c(F)c(F)c2)n2c1C(=O)C(F)(F)CC2. The third-order valence-corrected chi connectivity index (χ3v) is 3.76. The van der Waals surface area contributed by atoms with Crippen LogP contribution in [0.4, 0.5) is 22.0 Å². The number of Topliss-reactive ketones (excluding diaryl/α,β-unsaturated/α-hetero) is 1. The first-order valence-corrected chi connectivity index (χ1v) is 6.50. The van der Waals surface area contributed by atoms with Gasteiger partial charge >= 0.3 is 5.92 Å². The molecule has 1 aliphatic heterocycles. The molecule has 1 aromatic carbocycles. The fourth-order valence-corrected chi connectivity index (χ4v) is 2.70. The van der Waals surface area contributed by atoms with Gasteiger partial charge < -0.3 is 4.57 Å². The topological polar surface area (TPSA) is 22.0 Å². The molecule has 0 radical (unpaired) electrons. The van der Waals surface area contributed by atoms with Gasteiger partial charge in [0.1, 0.15) is 0 Å². The van der Waals surface area contributed by atoms with E-state index < -0.39 is 35.6 Å². The van der Waals surface area contributed by atoms with Gasteiger partial charge in [-0.2, -0.15) is 8.78 Å². The van der Waals surface area contributed by atoms with E-state index in [1.807, 2.05) is 0 Å². The molecule has 0 spiro atoms. The van der Waals surface area contributed by atoms with Gasteiger partial charge in [0.15, 0.2) is 17.5 Å². The van der Waals surface area contributed by atoms with Gasteiger partial charge in [0, 0.05) is 24.2 Å². The number of carbonyl (C=O) groups excluding carboxylic acids is 1. The molecular weight excluding hydrogens is 305 g/mol. The zero-order valence-corrected chi connectivity index (χ0v) is 11.4. The van der Waals surface area contributed by atoms with Crippen LogP contribution >= 0.6 is 0 Å². The summed E-state index contributed by atoms with van der Waals surface area (Å²) in [5.41, 5.74) is 0.291. The fraction of sp³-hybridized carbons (Fsp3) is 0.267. The number of halogens is 5. The van der Waals surface area contributed by atoms with Crippen LogP contribution in [0.5, 0.6) is 0 Å². The molecule has 7 heteroatoms. The average molecular weight is 315 g/mol. The second kappa shape index (κ2) is 4.66. The highest BCUT2D eigenvalue weighted by molar-refractivity contribution is 6.02. The molecule has 0 unspecified atom stereocenters. The molecule has 1 aromatic heterocycles. The van der Waals surface area contributed by atoms with Gasteiger partial charge in [-0.1, -0.05) is 0 Å². The summed E-state index contributed by atoms with van der Waals surface area (Å²) in [6, 6.07) is 2.94. The molecule has 0 fully saturated rings. The molecular formula is C15H10F5NO. The minimum absolute atomic E-state index is 0.0104. The number of hydrogen-bond acceptors (Lipinski definition) is 1. The summed E-state index contributed by atoms with van der Waals surface area (Å²) in [7, 11) is 0. The van der Waals surface area contributed by atoms with Crippen molar-refractivity contribution in [2.24, 2.45) is 0 Å². The van der Waals surface area contributed by atoms with Crippen LogP contribution in [0.1, 0.15) is 22.5 Å². The van der Waals surface area contributed by atoms with Gasteiger partial charge in [0.25, 0.3) is 0 Å². The van der Waals surface area contributed by atoms with E-state index >= 15 is 0 Å². The Morgan fingerprint density at radius 2 is 1.68 bits per heavy atom. The lowest BCUT2D eigenvalue weighted by molar-refractivity contribution is -0.00429. The number of aromatic nitrogens is 1. The Hall–Kier alpha value is -2.18. The number of ketones is 1. The Morgan fingerprint density at radius 1 is 1.09 bits per heavy atom. The van der Waals surface area contributed by atoms with Crippen molar-refractivity contribution in [2.45, 2.75) is 25.8 Å². The van der Waals surface area contributed by atoms with E-state index in [4.69, 9.17) is 0 Å². The summed E-state index contributed by atoms with van der Waals surface area (Å²) < 4.78 is 68.1. The number of carbonyl (C=O) groups is 1. The van der Waals surface area contributed by atoms with Crippen molar-refractivity contribution < 1.29 is 26.7 Å². The van der Waals surface area contributed by atoms with E-state index in [0.29, 0.717) is 0 Å². The normalized spacial score (nSPS) is 16.7. The molecule has 2 heterocycles. The third kappa shape index (κ3) is 2.03. The third-order valence-electron chi connectivity index (χ3n) is 3.76. The predicted molar refractivity (Wildman–Crippen MR) is 68.4 cm³/mol. The van der Waals surface area contributed by atoms with Crippen LogP contribution in [0, 0.1) is 24.4 Å². The number of alkyl halides is 2. The van der Waals surface area contributed by atoms with E-state index in [1.165, 1.54) is 17.6 Å². The first kappa shape index (κ1) is 14.7. The van der Waals surface area contributed by atoms with Gasteiger partial charge in [-0.05, 0) is 30.7 Å². The van der Waals surface area contributed by atoms with Gasteiger partial charge in [-0.15, -0.1) is 0 Å². The number of rotatable bonds is 1. The average Bonchev–Trinajstić information content (AvgIpc) is 2.77. The number of aryl methyl sites for hydroxylation is 1. The molecule has 0 saturated heterocycles. The minimum atomic E-state index is -3.45. The Labute approximate surface area is 122 Å². The van der Waals surface area contributed by atoms with E-state index in [-0.39, 0.29) is 29.1 Å². The molecule has 0 aliphatic carbocycles. The molecule has 2 aromatic rings. The van der Waals surface area contributed by atoms with Crippen molar-refractivity contribution in [1.29, 1.82) is 0 Å². The highest BCUT2D eigenvalue weighted by Crippen LogP contribution is 2.36. The van der Waals surface area contributed by atoms with Crippen molar-refractivity contribution in [3.8, 4) is 11.3 Å². The number of hydrogen-bond donors (Lipinski definition) is 0. The van der Waals surface area contributed by atoms with Crippen LogP contribution in [0.3, 0.4) is 0 Å². The maximum absolute atomic E-state index is 13.5. The smallest absolute Gasteiger partial charge is 0.313 e. The van der Waals surface area contributed by atoms with Crippen LogP contribution in [0.2, 0.25) is 0 Å². The summed E-state index contributed by atoms with van der Waals surface area (Å²) in [5, 5.41) is 0. The lowest BCUT2D eigenvalue weighted by atomic mass is 10.0. The molecule has 3 rings (SSSR count). The fourth-order valence-electron chi connectivity index (χ4n) is 2.70. The highest BCUT2D eigenvalue weighted by atomic mass is 19.3. The lowest BCUT2D eigenvalue weighted by Crippen LogP contribution is -2.37. The van der Waals surface area contributed by atoms with E-state index in [1.54, 1.807) is 0 Å². The maximum atomic E-state index is 13.5. The molecule has 1 aliphatic rings. The quantitative estimate of drug-likeness (QED) is 0.573. The Morgan fingerprint density at radius 3 is 2.27 bits per heavy atom. The number of benzene rings is 1. The Balaban J connectivity index is 2.20. The van der Waals surface area contributed by atoms with Crippen molar-refractivity contribution >= 4 is 5.78 Å². The van der Waals surface area contributed by atoms with Crippen molar-refractivity contribution in [3.63, 3.8) is 0 Å². The summed E-state index contributed by atoms with van der Waals surface area (Å²) in [6.45, 7) is 1.29. The number of nitrogens with zero attached hydrogens (tertiary/aromatic N) is 1. The first-order chi connectivity index (χ1) is 10.2. The van der Waals surface area contributed by atoms with Gasteiger partial charge in [0.05, 0.1) is 5.69 Å². The molecule has 0 N–H and O–H groups in total. The second-order valence-electron chi connectivity index (χ2n) is 5.25. The lowest BCUT2D eigenvalue weighted by Gasteiger charge is -2.24. The molecule has 0 bridgehead atoms. The van der Waals surface area contributed by atoms with Crippen molar-refractivity contribution in [1.82, 2.24) is 4.57 Å². The monoisotopic (exact) mass is 315 g/mol. The number of fused-ring (bicyclic) bond motifs is 1. The van der Waals surface area contributed by atoms with Crippen LogP contribution in [0.25, 0.3) is 11.3 Å². The molecule has 116 valence electrons. The largest absolute Gasteiger partial charge is 0.337 e.